The highest BCUT2D eigenvalue weighted by molar-refractivity contribution is 5.88. The van der Waals surface area contributed by atoms with Gasteiger partial charge in [-0.25, -0.2) is 9.48 Å². The molecule has 2 amide bonds. The molecule has 4 rings (SSSR count). The molecule has 0 aromatic carbocycles. The lowest BCUT2D eigenvalue weighted by Gasteiger charge is -2.28. The van der Waals surface area contributed by atoms with Crippen LogP contribution in [-0.2, 0) is 7.05 Å². The number of nitrogens with one attached hydrogen (secondary N) is 1. The summed E-state index contributed by atoms with van der Waals surface area (Å²) < 4.78 is 3.69. The van der Waals surface area contributed by atoms with Gasteiger partial charge in [0, 0.05) is 44.4 Å². The van der Waals surface area contributed by atoms with Crippen LogP contribution in [0.1, 0.15) is 36.8 Å². The molecular formula is C16H23N7O. The van der Waals surface area contributed by atoms with Crippen LogP contribution in [0.3, 0.4) is 0 Å². The molecule has 2 atom stereocenters. The number of hydrogen-bond donors (Lipinski definition) is 2. The molecular weight excluding hydrogens is 306 g/mol. The van der Waals surface area contributed by atoms with Gasteiger partial charge >= 0.3 is 6.03 Å². The first-order chi connectivity index (χ1) is 11.6. The van der Waals surface area contributed by atoms with E-state index in [4.69, 9.17) is 5.73 Å². The number of aryl methyl sites for hydroxylation is 1. The molecule has 1 aliphatic carbocycles. The molecule has 1 saturated heterocycles. The Morgan fingerprint density at radius 1 is 1.33 bits per heavy atom. The number of amides is 2. The SMILES string of the molecule is Cn1cc([C@@H]2CN(C(=O)Nc3ccnn3C3CCC3)C[C@H]2N)cn1. The lowest BCUT2D eigenvalue weighted by Crippen LogP contribution is -2.36. The lowest BCUT2D eigenvalue weighted by atomic mass is 9.93. The monoisotopic (exact) mass is 329 g/mol. The predicted octanol–water partition coefficient (Wildman–Crippen LogP) is 1.30. The first-order valence-electron chi connectivity index (χ1n) is 8.45. The standard InChI is InChI=1S/C16H23N7O/c1-21-8-11(7-19-21)13-9-22(10-14(13)17)16(24)20-15-5-6-18-23(15)12-3-2-4-12/h5-8,12-14H,2-4,9-10,17H2,1H3,(H,20,24)/t13-,14+/m0/s1. The molecule has 0 bridgehead atoms. The number of hydrogen-bond acceptors (Lipinski definition) is 4. The Bertz CT molecular complexity index is 732. The summed E-state index contributed by atoms with van der Waals surface area (Å²) in [5.74, 6) is 0.893. The highest BCUT2D eigenvalue weighted by Gasteiger charge is 2.35. The minimum absolute atomic E-state index is 0.0727. The maximum Gasteiger partial charge on any atom is 0.323 e. The van der Waals surface area contributed by atoms with E-state index in [0.717, 1.165) is 24.2 Å². The summed E-state index contributed by atoms with van der Waals surface area (Å²) in [7, 11) is 1.88. The maximum atomic E-state index is 12.6. The summed E-state index contributed by atoms with van der Waals surface area (Å²) in [6.45, 7) is 1.15. The van der Waals surface area contributed by atoms with E-state index in [9.17, 15) is 4.79 Å². The minimum atomic E-state index is -0.113. The Kier molecular flexibility index (Phi) is 3.76. The Labute approximate surface area is 140 Å². The Balaban J connectivity index is 1.43. The van der Waals surface area contributed by atoms with Crippen molar-refractivity contribution in [3.63, 3.8) is 0 Å². The normalized spacial score (nSPS) is 24.2. The highest BCUT2D eigenvalue weighted by atomic mass is 16.2. The molecule has 8 nitrogen and oxygen atoms in total. The predicted molar refractivity (Wildman–Crippen MR) is 89.6 cm³/mol. The average molecular weight is 329 g/mol. The zero-order valence-electron chi connectivity index (χ0n) is 13.8. The zero-order chi connectivity index (χ0) is 16.7. The third kappa shape index (κ3) is 2.66. The van der Waals surface area contributed by atoms with Gasteiger partial charge in [0.2, 0.25) is 0 Å². The fourth-order valence-electron chi connectivity index (χ4n) is 3.50. The molecule has 0 unspecified atom stereocenters. The van der Waals surface area contributed by atoms with Crippen molar-refractivity contribution in [2.24, 2.45) is 12.8 Å². The molecule has 1 aliphatic heterocycles. The van der Waals surface area contributed by atoms with Gasteiger partial charge in [-0.15, -0.1) is 0 Å². The van der Waals surface area contributed by atoms with E-state index < -0.39 is 0 Å². The quantitative estimate of drug-likeness (QED) is 0.887. The van der Waals surface area contributed by atoms with E-state index >= 15 is 0 Å². The molecule has 128 valence electrons. The van der Waals surface area contributed by atoms with Crippen LogP contribution in [0.15, 0.2) is 24.7 Å². The Morgan fingerprint density at radius 2 is 2.17 bits per heavy atom. The summed E-state index contributed by atoms with van der Waals surface area (Å²) in [4.78, 5) is 14.4. The highest BCUT2D eigenvalue weighted by Crippen LogP contribution is 2.33. The lowest BCUT2D eigenvalue weighted by molar-refractivity contribution is 0.220. The fraction of sp³-hybridized carbons (Fsp3) is 0.562. The Morgan fingerprint density at radius 3 is 2.83 bits per heavy atom. The zero-order valence-corrected chi connectivity index (χ0v) is 13.8. The van der Waals surface area contributed by atoms with Gasteiger partial charge in [0.25, 0.3) is 0 Å². The third-order valence-electron chi connectivity index (χ3n) is 5.13. The molecule has 24 heavy (non-hydrogen) atoms. The summed E-state index contributed by atoms with van der Waals surface area (Å²) in [5.41, 5.74) is 7.34. The van der Waals surface area contributed by atoms with Gasteiger partial charge in [0.05, 0.1) is 18.4 Å². The van der Waals surface area contributed by atoms with Crippen molar-refractivity contribution in [2.75, 3.05) is 18.4 Å². The van der Waals surface area contributed by atoms with Crippen LogP contribution in [-0.4, -0.2) is 49.6 Å². The van der Waals surface area contributed by atoms with Crippen LogP contribution in [0.4, 0.5) is 10.6 Å². The molecule has 2 fully saturated rings. The number of aromatic nitrogens is 4. The topological polar surface area (TPSA) is 94.0 Å². The largest absolute Gasteiger partial charge is 0.326 e. The van der Waals surface area contributed by atoms with E-state index in [1.165, 1.54) is 6.42 Å². The van der Waals surface area contributed by atoms with Crippen LogP contribution < -0.4 is 11.1 Å². The fourth-order valence-corrected chi connectivity index (χ4v) is 3.50. The molecule has 1 saturated carbocycles. The minimum Gasteiger partial charge on any atom is -0.326 e. The van der Waals surface area contributed by atoms with Gasteiger partial charge in [-0.2, -0.15) is 10.2 Å². The third-order valence-corrected chi connectivity index (χ3v) is 5.13. The van der Waals surface area contributed by atoms with E-state index in [1.54, 1.807) is 15.8 Å². The molecule has 3 heterocycles. The molecule has 2 aromatic heterocycles. The van der Waals surface area contributed by atoms with Gasteiger partial charge in [-0.1, -0.05) is 0 Å². The van der Waals surface area contributed by atoms with E-state index in [2.05, 4.69) is 15.5 Å². The smallest absolute Gasteiger partial charge is 0.323 e. The number of likely N-dealkylation sites (tertiary alicyclic amines) is 1. The molecule has 0 radical (unpaired) electrons. The van der Waals surface area contributed by atoms with Crippen LogP contribution >= 0.6 is 0 Å². The summed E-state index contributed by atoms with van der Waals surface area (Å²) in [6, 6.07) is 2.08. The van der Waals surface area contributed by atoms with Crippen molar-refractivity contribution in [2.45, 2.75) is 37.3 Å². The van der Waals surface area contributed by atoms with Crippen molar-refractivity contribution in [3.05, 3.63) is 30.2 Å². The first-order valence-corrected chi connectivity index (χ1v) is 8.45. The number of nitrogens with zero attached hydrogens (tertiary/aromatic N) is 5. The van der Waals surface area contributed by atoms with Gasteiger partial charge in [-0.3, -0.25) is 10.00 Å². The van der Waals surface area contributed by atoms with Crippen LogP contribution in [0.25, 0.3) is 0 Å². The average Bonchev–Trinajstić information content (AvgIpc) is 3.19. The number of rotatable bonds is 3. The van der Waals surface area contributed by atoms with Crippen LogP contribution in [0.5, 0.6) is 0 Å². The van der Waals surface area contributed by atoms with Gasteiger partial charge in [-0.05, 0) is 24.8 Å². The molecule has 8 heteroatoms. The first kappa shape index (κ1) is 15.2. The Hall–Kier alpha value is -2.35. The van der Waals surface area contributed by atoms with Crippen molar-refractivity contribution >= 4 is 11.8 Å². The molecule has 0 spiro atoms. The van der Waals surface area contributed by atoms with Gasteiger partial charge < -0.3 is 10.6 Å². The van der Waals surface area contributed by atoms with E-state index in [0.29, 0.717) is 19.1 Å². The van der Waals surface area contributed by atoms with Gasteiger partial charge in [0.1, 0.15) is 5.82 Å². The van der Waals surface area contributed by atoms with E-state index in [1.807, 2.05) is 30.2 Å². The second kappa shape index (κ2) is 5.94. The summed E-state index contributed by atoms with van der Waals surface area (Å²) >= 11 is 0. The second-order valence-corrected chi connectivity index (χ2v) is 6.80. The van der Waals surface area contributed by atoms with Crippen molar-refractivity contribution in [1.82, 2.24) is 24.5 Å². The van der Waals surface area contributed by atoms with Crippen molar-refractivity contribution in [3.8, 4) is 0 Å². The number of carbonyl (C=O) groups excluding carboxylic acids is 1. The summed E-state index contributed by atoms with van der Waals surface area (Å²) in [5, 5.41) is 11.5. The molecule has 2 aromatic rings. The van der Waals surface area contributed by atoms with Gasteiger partial charge in [0.15, 0.2) is 0 Å². The van der Waals surface area contributed by atoms with Crippen LogP contribution in [0, 0.1) is 0 Å². The number of urea groups is 1. The van der Waals surface area contributed by atoms with Crippen molar-refractivity contribution in [1.29, 1.82) is 0 Å². The van der Waals surface area contributed by atoms with Crippen LogP contribution in [0.2, 0.25) is 0 Å². The maximum absolute atomic E-state index is 12.6. The van der Waals surface area contributed by atoms with E-state index in [-0.39, 0.29) is 18.0 Å². The molecule has 3 N–H and O–H groups in total. The van der Waals surface area contributed by atoms with Crippen molar-refractivity contribution < 1.29 is 4.79 Å². The number of anilines is 1. The number of nitrogens with two attached hydrogens (primary N) is 1. The molecule has 2 aliphatic rings. The summed E-state index contributed by atoms with van der Waals surface area (Å²) in [6.07, 6.45) is 9.02. The number of carbonyl (C=O) groups is 1. The second-order valence-electron chi connectivity index (χ2n) is 6.80.